The van der Waals surface area contributed by atoms with Gasteiger partial charge in [-0.1, -0.05) is 17.3 Å². The zero-order valence-electron chi connectivity index (χ0n) is 20.1. The molecule has 9 nitrogen and oxygen atoms in total. The van der Waals surface area contributed by atoms with Crippen LogP contribution in [0.3, 0.4) is 0 Å². The minimum atomic E-state index is -0.607. The lowest BCUT2D eigenvalue weighted by molar-refractivity contribution is 0.108. The molecule has 4 N–H and O–H groups in total. The fraction of sp³-hybridized carbons (Fsp3) is 0.480. The van der Waals surface area contributed by atoms with Gasteiger partial charge in [0.05, 0.1) is 29.1 Å². The number of aromatic nitrogens is 3. The molecule has 1 aliphatic carbocycles. The Morgan fingerprint density at radius 1 is 1.21 bits per heavy atom. The number of likely N-dealkylation sites (N-methyl/N-ethyl adjacent to an activating group) is 1. The van der Waals surface area contributed by atoms with Crippen molar-refractivity contribution in [3.63, 3.8) is 0 Å². The van der Waals surface area contributed by atoms with Crippen molar-refractivity contribution in [2.24, 2.45) is 0 Å². The van der Waals surface area contributed by atoms with Gasteiger partial charge < -0.3 is 30.1 Å². The van der Waals surface area contributed by atoms with Crippen molar-refractivity contribution in [1.29, 1.82) is 0 Å². The largest absolute Gasteiger partial charge is 0.491 e. The van der Waals surface area contributed by atoms with E-state index in [-0.39, 0.29) is 12.6 Å². The van der Waals surface area contributed by atoms with Gasteiger partial charge in [-0.25, -0.2) is 9.97 Å². The first-order valence-electron chi connectivity index (χ1n) is 11.7. The van der Waals surface area contributed by atoms with Gasteiger partial charge in [0.25, 0.3) is 0 Å². The van der Waals surface area contributed by atoms with Gasteiger partial charge in [-0.3, -0.25) is 0 Å². The number of aliphatic hydroxyl groups excluding tert-OH is 2. The number of hydrogen-bond donors (Lipinski definition) is 4. The SMILES string of the molecule is CNCC(O)COc1cccc(-c2nc(NC3CCC[C@H]3O)c(C)c(-c3c(C)noc3C)n2)c1. The summed E-state index contributed by atoms with van der Waals surface area (Å²) in [6.07, 6.45) is 1.64. The van der Waals surface area contributed by atoms with Gasteiger partial charge in [-0.15, -0.1) is 0 Å². The Morgan fingerprint density at radius 2 is 2.03 bits per heavy atom. The maximum atomic E-state index is 10.4. The Morgan fingerprint density at radius 3 is 2.71 bits per heavy atom. The van der Waals surface area contributed by atoms with Gasteiger partial charge in [-0.05, 0) is 59.2 Å². The first kappa shape index (κ1) is 24.1. The molecule has 1 fully saturated rings. The van der Waals surface area contributed by atoms with Crippen LogP contribution in [0, 0.1) is 20.8 Å². The normalized spacial score (nSPS) is 18.8. The van der Waals surface area contributed by atoms with E-state index in [0.29, 0.717) is 29.7 Å². The molecule has 4 rings (SSSR count). The number of anilines is 1. The van der Waals surface area contributed by atoms with Crippen LogP contribution >= 0.6 is 0 Å². The maximum absolute atomic E-state index is 10.4. The van der Waals surface area contributed by atoms with Crippen LogP contribution in [0.1, 0.15) is 36.3 Å². The molecule has 2 aromatic heterocycles. The maximum Gasteiger partial charge on any atom is 0.162 e. The molecule has 0 bridgehead atoms. The number of benzene rings is 1. The van der Waals surface area contributed by atoms with Crippen LogP contribution in [-0.4, -0.2) is 63.8 Å². The highest BCUT2D eigenvalue weighted by molar-refractivity contribution is 5.74. The summed E-state index contributed by atoms with van der Waals surface area (Å²) in [6, 6.07) is 7.45. The molecule has 3 atom stereocenters. The van der Waals surface area contributed by atoms with Gasteiger partial charge in [0.1, 0.15) is 30.0 Å². The van der Waals surface area contributed by atoms with Crippen molar-refractivity contribution in [2.75, 3.05) is 25.5 Å². The third-order valence-corrected chi connectivity index (χ3v) is 6.19. The molecular weight excluding hydrogens is 434 g/mol. The Bertz CT molecular complexity index is 1110. The Kier molecular flexibility index (Phi) is 7.45. The van der Waals surface area contributed by atoms with E-state index in [1.807, 2.05) is 45.0 Å². The smallest absolute Gasteiger partial charge is 0.162 e. The van der Waals surface area contributed by atoms with Gasteiger partial charge in [0.15, 0.2) is 5.82 Å². The second-order valence-electron chi connectivity index (χ2n) is 8.87. The van der Waals surface area contributed by atoms with E-state index in [0.717, 1.165) is 47.3 Å². The van der Waals surface area contributed by atoms with Crippen LogP contribution in [0.15, 0.2) is 28.8 Å². The summed E-state index contributed by atoms with van der Waals surface area (Å²) in [5.41, 5.74) is 4.00. The highest BCUT2D eigenvalue weighted by Crippen LogP contribution is 2.34. The first-order chi connectivity index (χ1) is 16.4. The zero-order chi connectivity index (χ0) is 24.2. The Labute approximate surface area is 199 Å². The molecule has 182 valence electrons. The number of hydrogen-bond acceptors (Lipinski definition) is 9. The minimum Gasteiger partial charge on any atom is -0.491 e. The van der Waals surface area contributed by atoms with Crippen LogP contribution in [0.2, 0.25) is 0 Å². The van der Waals surface area contributed by atoms with Crippen molar-refractivity contribution >= 4 is 5.82 Å². The standard InChI is InChI=1S/C25H33N5O4/c1-14-23(22-15(2)30-34-16(22)3)28-25(29-24(14)27-20-9-6-10-21(20)32)17-7-5-8-19(11-17)33-13-18(31)12-26-4/h5,7-8,11,18,20-21,26,31-32H,6,9-10,12-13H2,1-4H3,(H,27,28,29)/t18?,20?,21-/m1/s1. The summed E-state index contributed by atoms with van der Waals surface area (Å²) < 4.78 is 11.2. The zero-order valence-corrected chi connectivity index (χ0v) is 20.1. The van der Waals surface area contributed by atoms with E-state index in [4.69, 9.17) is 19.2 Å². The second kappa shape index (κ2) is 10.5. The Hall–Kier alpha value is -3.01. The molecule has 1 aliphatic rings. The summed E-state index contributed by atoms with van der Waals surface area (Å²) in [5.74, 6) is 2.52. The quantitative estimate of drug-likeness (QED) is 0.376. The van der Waals surface area contributed by atoms with Gasteiger partial charge in [-0.2, -0.15) is 0 Å². The number of rotatable bonds is 9. The summed E-state index contributed by atoms with van der Waals surface area (Å²) in [5, 5.41) is 30.8. The third-order valence-electron chi connectivity index (χ3n) is 6.19. The number of nitrogens with one attached hydrogen (secondary N) is 2. The van der Waals surface area contributed by atoms with Crippen molar-refractivity contribution in [3.05, 3.63) is 41.3 Å². The molecular formula is C25H33N5O4. The fourth-order valence-electron chi connectivity index (χ4n) is 4.35. The number of nitrogens with zero attached hydrogens (tertiary/aromatic N) is 3. The van der Waals surface area contributed by atoms with E-state index in [9.17, 15) is 10.2 Å². The lowest BCUT2D eigenvalue weighted by atomic mass is 10.0. The lowest BCUT2D eigenvalue weighted by Crippen LogP contribution is -2.29. The van der Waals surface area contributed by atoms with Crippen molar-refractivity contribution < 1.29 is 19.5 Å². The Balaban J connectivity index is 1.73. The molecule has 2 unspecified atom stereocenters. The number of aryl methyl sites for hydroxylation is 2. The molecule has 9 heteroatoms. The van der Waals surface area contributed by atoms with Gasteiger partial charge in [0, 0.05) is 17.7 Å². The van der Waals surface area contributed by atoms with Crippen molar-refractivity contribution in [2.45, 2.75) is 58.3 Å². The van der Waals surface area contributed by atoms with Crippen molar-refractivity contribution in [1.82, 2.24) is 20.4 Å². The van der Waals surface area contributed by atoms with Crippen LogP contribution in [-0.2, 0) is 0 Å². The summed E-state index contributed by atoms with van der Waals surface area (Å²) >= 11 is 0. The average molecular weight is 468 g/mol. The van der Waals surface area contributed by atoms with Crippen LogP contribution in [0.4, 0.5) is 5.82 Å². The topological polar surface area (TPSA) is 126 Å². The van der Waals surface area contributed by atoms with Crippen molar-refractivity contribution in [3.8, 4) is 28.4 Å². The monoisotopic (exact) mass is 467 g/mol. The molecule has 1 aromatic carbocycles. The van der Waals surface area contributed by atoms with E-state index in [1.54, 1.807) is 7.05 Å². The minimum absolute atomic E-state index is 0.0534. The summed E-state index contributed by atoms with van der Waals surface area (Å²) in [7, 11) is 1.78. The molecule has 0 saturated heterocycles. The highest BCUT2D eigenvalue weighted by Gasteiger charge is 2.27. The van der Waals surface area contributed by atoms with Gasteiger partial charge >= 0.3 is 0 Å². The van der Waals surface area contributed by atoms with E-state index in [2.05, 4.69) is 15.8 Å². The predicted molar refractivity (Wildman–Crippen MR) is 130 cm³/mol. The average Bonchev–Trinajstić information content (AvgIpc) is 3.38. The molecule has 0 radical (unpaired) electrons. The van der Waals surface area contributed by atoms with Crippen LogP contribution in [0.5, 0.6) is 5.75 Å². The molecule has 34 heavy (non-hydrogen) atoms. The first-order valence-corrected chi connectivity index (χ1v) is 11.7. The van der Waals surface area contributed by atoms with E-state index in [1.165, 1.54) is 0 Å². The second-order valence-corrected chi connectivity index (χ2v) is 8.87. The number of ether oxygens (including phenoxy) is 1. The summed E-state index contributed by atoms with van der Waals surface area (Å²) in [6.45, 7) is 6.36. The lowest BCUT2D eigenvalue weighted by Gasteiger charge is -2.20. The number of aliphatic hydroxyl groups is 2. The van der Waals surface area contributed by atoms with E-state index < -0.39 is 12.2 Å². The molecule has 3 aromatic rings. The van der Waals surface area contributed by atoms with Crippen LogP contribution in [0.25, 0.3) is 22.6 Å². The molecule has 0 spiro atoms. The van der Waals surface area contributed by atoms with E-state index >= 15 is 0 Å². The van der Waals surface area contributed by atoms with Crippen LogP contribution < -0.4 is 15.4 Å². The van der Waals surface area contributed by atoms with Gasteiger partial charge in [0.2, 0.25) is 0 Å². The predicted octanol–water partition coefficient (Wildman–Crippen LogP) is 3.01. The molecule has 0 aliphatic heterocycles. The third kappa shape index (κ3) is 5.22. The summed E-state index contributed by atoms with van der Waals surface area (Å²) in [4.78, 5) is 9.73. The molecule has 2 heterocycles. The highest BCUT2D eigenvalue weighted by atomic mass is 16.5. The molecule has 1 saturated carbocycles. The fourth-order valence-corrected chi connectivity index (χ4v) is 4.35. The molecule has 0 amide bonds.